The molecule has 1 atom stereocenters. The number of amides is 2. The van der Waals surface area contributed by atoms with Gasteiger partial charge in [-0.1, -0.05) is 18.7 Å². The first-order valence-corrected chi connectivity index (χ1v) is 9.49. The molecule has 0 saturated carbocycles. The van der Waals surface area contributed by atoms with Crippen molar-refractivity contribution in [3.05, 3.63) is 60.2 Å². The van der Waals surface area contributed by atoms with Gasteiger partial charge in [0.25, 0.3) is 0 Å². The van der Waals surface area contributed by atoms with Crippen LogP contribution in [0.3, 0.4) is 0 Å². The molecular formula is C21H29N5O. The van der Waals surface area contributed by atoms with E-state index in [1.807, 2.05) is 30.0 Å². The number of hydrogen-bond donors (Lipinski definition) is 3. The third kappa shape index (κ3) is 4.77. The lowest BCUT2D eigenvalue weighted by molar-refractivity contribution is 0.188. The molecule has 6 heteroatoms. The van der Waals surface area contributed by atoms with Crippen LogP contribution in [0.15, 0.2) is 54.7 Å². The largest absolute Gasteiger partial charge is 0.397 e. The molecule has 1 unspecified atom stereocenters. The first-order valence-electron chi connectivity index (χ1n) is 9.49. The topological polar surface area (TPSA) is 83.3 Å². The zero-order valence-corrected chi connectivity index (χ0v) is 16.0. The maximum absolute atomic E-state index is 12.6. The summed E-state index contributed by atoms with van der Waals surface area (Å²) in [5.41, 5.74) is 9.26. The molecule has 1 aromatic rings. The monoisotopic (exact) mass is 367 g/mol. The average molecular weight is 367 g/mol. The Balaban J connectivity index is 1.55. The smallest absolute Gasteiger partial charge is 0.321 e. The molecule has 6 nitrogen and oxygen atoms in total. The second-order valence-electron chi connectivity index (χ2n) is 7.57. The van der Waals surface area contributed by atoms with Crippen LogP contribution in [0.1, 0.15) is 31.7 Å². The Morgan fingerprint density at radius 3 is 3.00 bits per heavy atom. The van der Waals surface area contributed by atoms with Gasteiger partial charge in [-0.3, -0.25) is 4.98 Å². The molecule has 1 aromatic heterocycles. The minimum atomic E-state index is -0.119. The number of nitrogens with one attached hydrogen (secondary N) is 2. The van der Waals surface area contributed by atoms with Crippen molar-refractivity contribution in [3.63, 3.8) is 0 Å². The molecule has 0 radical (unpaired) electrons. The van der Waals surface area contributed by atoms with Crippen molar-refractivity contribution in [2.75, 3.05) is 26.2 Å². The average Bonchev–Trinajstić information content (AvgIpc) is 3.10. The normalized spacial score (nSPS) is 23.5. The van der Waals surface area contributed by atoms with Crippen LogP contribution in [-0.4, -0.2) is 42.1 Å². The quantitative estimate of drug-likeness (QED) is 0.715. The highest BCUT2D eigenvalue weighted by molar-refractivity contribution is 5.77. The van der Waals surface area contributed by atoms with Crippen LogP contribution in [0.4, 0.5) is 4.79 Å². The standard InChI is InChI=1S/C21H29N5O/c1-16(18-5-3-10-23-13-18)6-7-19(22)17(2)25-20(27)26-12-9-21(15-26)8-4-11-24-14-21/h3,5-7,10,13,24H,2,4,8-9,11-12,14-15,22H2,1H3,(H,25,27)/b16-6+,19-7+. The van der Waals surface area contributed by atoms with E-state index >= 15 is 0 Å². The molecule has 0 aliphatic carbocycles. The Morgan fingerprint density at radius 2 is 2.30 bits per heavy atom. The van der Waals surface area contributed by atoms with Gasteiger partial charge in [0.2, 0.25) is 0 Å². The van der Waals surface area contributed by atoms with E-state index in [1.54, 1.807) is 18.5 Å². The molecule has 27 heavy (non-hydrogen) atoms. The number of carbonyl (C=O) groups is 1. The number of aromatic nitrogens is 1. The fourth-order valence-corrected chi connectivity index (χ4v) is 3.78. The van der Waals surface area contributed by atoms with Gasteiger partial charge < -0.3 is 21.3 Å². The van der Waals surface area contributed by atoms with Crippen molar-refractivity contribution >= 4 is 11.6 Å². The molecular weight excluding hydrogens is 338 g/mol. The highest BCUT2D eigenvalue weighted by atomic mass is 16.2. The number of rotatable bonds is 4. The summed E-state index contributed by atoms with van der Waals surface area (Å²) >= 11 is 0. The van der Waals surface area contributed by atoms with Gasteiger partial charge in [0.15, 0.2) is 0 Å². The van der Waals surface area contributed by atoms with E-state index in [2.05, 4.69) is 22.2 Å². The summed E-state index contributed by atoms with van der Waals surface area (Å²) in [5, 5.41) is 6.31. The van der Waals surface area contributed by atoms with Crippen molar-refractivity contribution in [2.24, 2.45) is 11.1 Å². The lowest BCUT2D eigenvalue weighted by Gasteiger charge is -2.33. The molecule has 0 aromatic carbocycles. The van der Waals surface area contributed by atoms with Crippen molar-refractivity contribution in [3.8, 4) is 0 Å². The fraction of sp³-hybridized carbons (Fsp3) is 0.429. The predicted octanol–water partition coefficient (Wildman–Crippen LogP) is 2.63. The summed E-state index contributed by atoms with van der Waals surface area (Å²) in [6, 6.07) is 3.76. The van der Waals surface area contributed by atoms with Gasteiger partial charge in [0.05, 0.1) is 11.4 Å². The Kier molecular flexibility index (Phi) is 5.96. The van der Waals surface area contributed by atoms with Gasteiger partial charge in [-0.05, 0) is 56.0 Å². The molecule has 2 amide bonds. The Bertz CT molecular complexity index is 747. The lowest BCUT2D eigenvalue weighted by Crippen LogP contribution is -2.44. The fourth-order valence-electron chi connectivity index (χ4n) is 3.78. The zero-order valence-electron chi connectivity index (χ0n) is 16.0. The maximum atomic E-state index is 12.6. The van der Waals surface area contributed by atoms with Gasteiger partial charge in [0, 0.05) is 37.4 Å². The van der Waals surface area contributed by atoms with Gasteiger partial charge in [-0.25, -0.2) is 4.79 Å². The highest BCUT2D eigenvalue weighted by Crippen LogP contribution is 2.36. The van der Waals surface area contributed by atoms with Crippen LogP contribution in [0.5, 0.6) is 0 Å². The molecule has 3 rings (SSSR count). The summed E-state index contributed by atoms with van der Waals surface area (Å²) in [5.74, 6) is 0. The molecule has 2 aliphatic heterocycles. The van der Waals surface area contributed by atoms with E-state index in [0.717, 1.165) is 43.7 Å². The second-order valence-corrected chi connectivity index (χ2v) is 7.57. The maximum Gasteiger partial charge on any atom is 0.321 e. The predicted molar refractivity (Wildman–Crippen MR) is 109 cm³/mol. The van der Waals surface area contributed by atoms with Gasteiger partial charge >= 0.3 is 6.03 Å². The van der Waals surface area contributed by atoms with Crippen LogP contribution in [0.25, 0.3) is 5.57 Å². The molecule has 2 fully saturated rings. The number of piperidine rings is 1. The van der Waals surface area contributed by atoms with Gasteiger partial charge in [-0.15, -0.1) is 0 Å². The van der Waals surface area contributed by atoms with E-state index in [9.17, 15) is 4.79 Å². The summed E-state index contributed by atoms with van der Waals surface area (Å²) in [4.78, 5) is 18.6. The number of carbonyl (C=O) groups excluding carboxylic acids is 1. The third-order valence-corrected chi connectivity index (χ3v) is 5.52. The number of allylic oxidation sites excluding steroid dienone is 3. The second kappa shape index (κ2) is 8.39. The third-order valence-electron chi connectivity index (χ3n) is 5.52. The van der Waals surface area contributed by atoms with Gasteiger partial charge in [0.1, 0.15) is 0 Å². The van der Waals surface area contributed by atoms with Crippen molar-refractivity contribution in [1.82, 2.24) is 20.5 Å². The van der Waals surface area contributed by atoms with Crippen LogP contribution >= 0.6 is 0 Å². The van der Waals surface area contributed by atoms with Crippen molar-refractivity contribution in [2.45, 2.75) is 26.2 Å². The van der Waals surface area contributed by atoms with E-state index in [0.29, 0.717) is 11.4 Å². The number of nitrogens with two attached hydrogens (primary N) is 1. The van der Waals surface area contributed by atoms with Crippen LogP contribution in [-0.2, 0) is 0 Å². The van der Waals surface area contributed by atoms with E-state index in [4.69, 9.17) is 5.73 Å². The Labute approximate surface area is 161 Å². The summed E-state index contributed by atoms with van der Waals surface area (Å²) in [6.07, 6.45) is 10.6. The SMILES string of the molecule is C=C(NC(=O)N1CCC2(CCCNC2)C1)/C(N)=C\C=C(/C)c1cccnc1. The van der Waals surface area contributed by atoms with E-state index < -0.39 is 0 Å². The molecule has 0 bridgehead atoms. The molecule has 2 aliphatic rings. The summed E-state index contributed by atoms with van der Waals surface area (Å²) in [7, 11) is 0. The molecule has 144 valence electrons. The van der Waals surface area contributed by atoms with Crippen LogP contribution in [0, 0.1) is 5.41 Å². The van der Waals surface area contributed by atoms with E-state index in [1.165, 1.54) is 12.8 Å². The minimum Gasteiger partial charge on any atom is -0.397 e. The van der Waals surface area contributed by atoms with Crippen molar-refractivity contribution < 1.29 is 4.79 Å². The number of urea groups is 1. The summed E-state index contributed by atoms with van der Waals surface area (Å²) in [6.45, 7) is 9.56. The number of pyridine rings is 1. The highest BCUT2D eigenvalue weighted by Gasteiger charge is 2.40. The van der Waals surface area contributed by atoms with E-state index in [-0.39, 0.29) is 11.4 Å². The zero-order chi connectivity index (χ0) is 19.3. The number of hydrogen-bond acceptors (Lipinski definition) is 4. The summed E-state index contributed by atoms with van der Waals surface area (Å²) < 4.78 is 0. The van der Waals surface area contributed by atoms with Crippen molar-refractivity contribution in [1.29, 1.82) is 0 Å². The number of likely N-dealkylation sites (tertiary alicyclic amines) is 1. The van der Waals surface area contributed by atoms with Gasteiger partial charge in [-0.2, -0.15) is 0 Å². The Morgan fingerprint density at radius 1 is 1.44 bits per heavy atom. The molecule has 2 saturated heterocycles. The first kappa shape index (κ1) is 19.2. The lowest BCUT2D eigenvalue weighted by atomic mass is 9.80. The molecule has 1 spiro atoms. The number of nitrogens with zero attached hydrogens (tertiary/aromatic N) is 2. The Hall–Kier alpha value is -2.60. The van der Waals surface area contributed by atoms with Crippen LogP contribution in [0.2, 0.25) is 0 Å². The first-order chi connectivity index (χ1) is 13.0. The van der Waals surface area contributed by atoms with Crippen LogP contribution < -0.4 is 16.4 Å². The molecule has 4 N–H and O–H groups in total. The minimum absolute atomic E-state index is 0.119. The molecule has 3 heterocycles.